The minimum atomic E-state index is -3.40. The van der Waals surface area contributed by atoms with Gasteiger partial charge in [0.25, 0.3) is 0 Å². The van der Waals surface area contributed by atoms with Crippen LogP contribution in [0.15, 0.2) is 53.0 Å². The lowest BCUT2D eigenvalue weighted by Crippen LogP contribution is -2.41. The third kappa shape index (κ3) is 5.81. The Morgan fingerprint density at radius 3 is 2.45 bits per heavy atom. The van der Waals surface area contributed by atoms with E-state index in [9.17, 15) is 13.2 Å². The van der Waals surface area contributed by atoms with Gasteiger partial charge >= 0.3 is 0 Å². The topological polar surface area (TPSA) is 75.7 Å². The average molecular weight is 481 g/mol. The fraction of sp³-hybridized carbons (Fsp3) is 0.381. The highest BCUT2D eigenvalue weighted by Gasteiger charge is 2.31. The molecule has 2 aromatic rings. The van der Waals surface area contributed by atoms with Crippen LogP contribution in [0.5, 0.6) is 5.75 Å². The number of hydrogen-bond donors (Lipinski definition) is 1. The number of para-hydroxylation sites is 2. The summed E-state index contributed by atoms with van der Waals surface area (Å²) < 4.78 is 33.4. The molecule has 1 N–H and O–H groups in total. The molecule has 1 fully saturated rings. The van der Waals surface area contributed by atoms with Crippen molar-refractivity contribution in [2.45, 2.75) is 25.5 Å². The van der Waals surface area contributed by atoms with E-state index in [0.717, 1.165) is 10.0 Å². The maximum absolute atomic E-state index is 12.7. The van der Waals surface area contributed by atoms with Crippen LogP contribution in [0, 0.1) is 5.92 Å². The number of carbonyl (C=O) groups is 1. The smallest absolute Gasteiger partial charge is 0.227 e. The van der Waals surface area contributed by atoms with E-state index in [1.165, 1.54) is 4.31 Å². The van der Waals surface area contributed by atoms with Crippen LogP contribution < -0.4 is 10.1 Å². The van der Waals surface area contributed by atoms with Crippen molar-refractivity contribution in [3.63, 3.8) is 0 Å². The van der Waals surface area contributed by atoms with Gasteiger partial charge in [0, 0.05) is 23.5 Å². The molecule has 1 amide bonds. The van der Waals surface area contributed by atoms with E-state index in [1.54, 1.807) is 18.2 Å². The lowest BCUT2D eigenvalue weighted by molar-refractivity contribution is -0.120. The lowest BCUT2D eigenvalue weighted by atomic mass is 9.97. The summed E-state index contributed by atoms with van der Waals surface area (Å²) in [5.74, 6) is 0.294. The molecule has 8 heteroatoms. The zero-order chi connectivity index (χ0) is 20.9. The second kappa shape index (κ2) is 9.73. The van der Waals surface area contributed by atoms with E-state index < -0.39 is 10.0 Å². The number of benzene rings is 2. The minimum absolute atomic E-state index is 0.0289. The average Bonchev–Trinajstić information content (AvgIpc) is 2.71. The van der Waals surface area contributed by atoms with Gasteiger partial charge in [-0.15, -0.1) is 0 Å². The van der Waals surface area contributed by atoms with Crippen LogP contribution in [0.3, 0.4) is 0 Å². The van der Waals surface area contributed by atoms with Crippen LogP contribution in [0.25, 0.3) is 0 Å². The molecule has 0 bridgehead atoms. The van der Waals surface area contributed by atoms with Gasteiger partial charge in [-0.05, 0) is 49.6 Å². The fourth-order valence-corrected chi connectivity index (χ4v) is 5.19. The number of hydrogen-bond acceptors (Lipinski definition) is 4. The molecular formula is C21H25BrN2O4S. The van der Waals surface area contributed by atoms with Crippen LogP contribution in [-0.2, 0) is 20.6 Å². The second-order valence-electron chi connectivity index (χ2n) is 6.97. The van der Waals surface area contributed by atoms with E-state index in [0.29, 0.717) is 44.0 Å². The zero-order valence-electron chi connectivity index (χ0n) is 16.3. The van der Waals surface area contributed by atoms with Crippen molar-refractivity contribution in [3.05, 3.63) is 58.6 Å². The van der Waals surface area contributed by atoms with Crippen molar-refractivity contribution in [3.8, 4) is 5.75 Å². The molecule has 0 radical (unpaired) electrons. The van der Waals surface area contributed by atoms with Crippen molar-refractivity contribution in [2.24, 2.45) is 5.92 Å². The first-order valence-corrected chi connectivity index (χ1v) is 12.0. The molecule has 29 heavy (non-hydrogen) atoms. The van der Waals surface area contributed by atoms with Gasteiger partial charge < -0.3 is 10.1 Å². The number of halogens is 1. The number of ether oxygens (including phenoxy) is 1. The Labute approximate surface area is 180 Å². The van der Waals surface area contributed by atoms with Gasteiger partial charge in [-0.1, -0.05) is 40.2 Å². The number of rotatable bonds is 7. The first-order valence-electron chi connectivity index (χ1n) is 9.64. The molecule has 0 unspecified atom stereocenters. The summed E-state index contributed by atoms with van der Waals surface area (Å²) in [4.78, 5) is 12.7. The van der Waals surface area contributed by atoms with Gasteiger partial charge in [-0.25, -0.2) is 12.7 Å². The number of nitrogens with zero attached hydrogens (tertiary/aromatic N) is 1. The number of amides is 1. The second-order valence-corrected chi connectivity index (χ2v) is 9.86. The Kier molecular flexibility index (Phi) is 7.32. The summed E-state index contributed by atoms with van der Waals surface area (Å²) in [5.41, 5.74) is 1.39. The fourth-order valence-electron chi connectivity index (χ4n) is 3.36. The molecule has 2 aromatic carbocycles. The van der Waals surface area contributed by atoms with Crippen LogP contribution in [0.2, 0.25) is 0 Å². The van der Waals surface area contributed by atoms with E-state index in [2.05, 4.69) is 21.2 Å². The molecule has 6 nitrogen and oxygen atoms in total. The summed E-state index contributed by atoms with van der Waals surface area (Å²) >= 11 is 3.35. The van der Waals surface area contributed by atoms with Gasteiger partial charge in [-0.3, -0.25) is 4.79 Å². The predicted molar refractivity (Wildman–Crippen MR) is 117 cm³/mol. The largest absolute Gasteiger partial charge is 0.492 e. The third-order valence-corrected chi connectivity index (χ3v) is 7.30. The molecule has 0 aromatic heterocycles. The number of nitrogens with one attached hydrogen (secondary N) is 1. The number of piperidine rings is 1. The normalized spacial score (nSPS) is 15.8. The van der Waals surface area contributed by atoms with Crippen molar-refractivity contribution in [1.82, 2.24) is 4.31 Å². The molecule has 156 valence electrons. The zero-order valence-corrected chi connectivity index (χ0v) is 18.7. The van der Waals surface area contributed by atoms with E-state index in [-0.39, 0.29) is 17.6 Å². The van der Waals surface area contributed by atoms with Crippen LogP contribution in [0.1, 0.15) is 25.3 Å². The highest BCUT2D eigenvalue weighted by molar-refractivity contribution is 9.10. The molecule has 0 aliphatic carbocycles. The molecule has 1 saturated heterocycles. The maximum atomic E-state index is 12.7. The molecule has 0 saturated carbocycles. The summed E-state index contributed by atoms with van der Waals surface area (Å²) in [6.07, 6.45) is 1.00. The van der Waals surface area contributed by atoms with E-state index in [1.807, 2.05) is 37.3 Å². The van der Waals surface area contributed by atoms with Crippen molar-refractivity contribution < 1.29 is 17.9 Å². The van der Waals surface area contributed by atoms with Gasteiger partial charge in [0.1, 0.15) is 5.75 Å². The Balaban J connectivity index is 1.57. The molecule has 1 aliphatic rings. The highest BCUT2D eigenvalue weighted by Crippen LogP contribution is 2.27. The quantitative estimate of drug-likeness (QED) is 0.648. The summed E-state index contributed by atoms with van der Waals surface area (Å²) in [5, 5.41) is 2.93. The molecular weight excluding hydrogens is 456 g/mol. The predicted octanol–water partition coefficient (Wildman–Crippen LogP) is 4.03. The summed E-state index contributed by atoms with van der Waals surface area (Å²) in [7, 11) is -3.40. The first-order chi connectivity index (χ1) is 13.9. The van der Waals surface area contributed by atoms with Crippen LogP contribution in [-0.4, -0.2) is 38.3 Å². The summed E-state index contributed by atoms with van der Waals surface area (Å²) in [6.45, 7) is 3.11. The molecule has 0 spiro atoms. The first kappa shape index (κ1) is 21.8. The van der Waals surface area contributed by atoms with E-state index >= 15 is 0 Å². The highest BCUT2D eigenvalue weighted by atomic mass is 79.9. The minimum Gasteiger partial charge on any atom is -0.492 e. The van der Waals surface area contributed by atoms with Crippen LogP contribution in [0.4, 0.5) is 5.69 Å². The lowest BCUT2D eigenvalue weighted by Gasteiger charge is -2.30. The van der Waals surface area contributed by atoms with Gasteiger partial charge in [0.2, 0.25) is 15.9 Å². The standard InChI is InChI=1S/C21H25BrN2O4S/c1-2-28-20-6-4-3-5-19(20)23-21(25)17-11-13-24(14-12-17)29(26,27)15-16-7-9-18(22)10-8-16/h3-10,17H,2,11-15H2,1H3,(H,23,25). The van der Waals surface area contributed by atoms with Crippen molar-refractivity contribution in [1.29, 1.82) is 0 Å². The number of sulfonamides is 1. The van der Waals surface area contributed by atoms with Crippen molar-refractivity contribution >= 4 is 37.5 Å². The Morgan fingerprint density at radius 2 is 1.79 bits per heavy atom. The molecule has 1 aliphatic heterocycles. The number of carbonyl (C=O) groups excluding carboxylic acids is 1. The van der Waals surface area contributed by atoms with Gasteiger partial charge in [0.15, 0.2) is 0 Å². The molecule has 1 heterocycles. The number of anilines is 1. The van der Waals surface area contributed by atoms with E-state index in [4.69, 9.17) is 4.74 Å². The Hall–Kier alpha value is -1.90. The maximum Gasteiger partial charge on any atom is 0.227 e. The Bertz CT molecular complexity index is 939. The van der Waals surface area contributed by atoms with Gasteiger partial charge in [0.05, 0.1) is 18.0 Å². The van der Waals surface area contributed by atoms with Crippen LogP contribution >= 0.6 is 15.9 Å². The monoisotopic (exact) mass is 480 g/mol. The SMILES string of the molecule is CCOc1ccccc1NC(=O)C1CCN(S(=O)(=O)Cc2ccc(Br)cc2)CC1. The molecule has 3 rings (SSSR count). The Morgan fingerprint density at radius 1 is 1.14 bits per heavy atom. The molecule has 0 atom stereocenters. The summed E-state index contributed by atoms with van der Waals surface area (Å²) in [6, 6.07) is 14.6. The third-order valence-electron chi connectivity index (χ3n) is 4.93. The van der Waals surface area contributed by atoms with Gasteiger partial charge in [-0.2, -0.15) is 0 Å². The van der Waals surface area contributed by atoms with Crippen molar-refractivity contribution in [2.75, 3.05) is 25.0 Å².